The van der Waals surface area contributed by atoms with E-state index in [1.807, 2.05) is 18.2 Å². The van der Waals surface area contributed by atoms with E-state index in [2.05, 4.69) is 5.32 Å². The zero-order chi connectivity index (χ0) is 20.0. The highest BCUT2D eigenvalue weighted by Crippen LogP contribution is 2.32. The number of nitrogens with one attached hydrogen (secondary N) is 1. The maximum atomic E-state index is 12.6. The van der Waals surface area contributed by atoms with Gasteiger partial charge < -0.3 is 15.0 Å². The van der Waals surface area contributed by atoms with Gasteiger partial charge in [-0.3, -0.25) is 4.79 Å². The van der Waals surface area contributed by atoms with Gasteiger partial charge in [-0.05, 0) is 25.0 Å². The van der Waals surface area contributed by atoms with Crippen molar-refractivity contribution in [3.63, 3.8) is 0 Å². The van der Waals surface area contributed by atoms with Gasteiger partial charge in [0, 0.05) is 22.7 Å². The van der Waals surface area contributed by atoms with E-state index in [1.54, 1.807) is 17.0 Å². The van der Waals surface area contributed by atoms with Gasteiger partial charge in [-0.1, -0.05) is 64.6 Å². The number of carbonyl (C=O) groups is 2. The first-order valence-electron chi connectivity index (χ1n) is 8.00. The third kappa shape index (κ3) is 6.91. The van der Waals surface area contributed by atoms with Crippen LogP contribution in [0.1, 0.15) is 12.8 Å². The molecule has 148 valence electrons. The first-order chi connectivity index (χ1) is 12.7. The van der Waals surface area contributed by atoms with Gasteiger partial charge in [0.05, 0.1) is 12.1 Å². The molecule has 1 unspecified atom stereocenters. The average Bonchev–Trinajstić information content (AvgIpc) is 2.94. The number of amides is 2. The Hall–Kier alpha value is -0.850. The normalized spacial score (nSPS) is 22.6. The molecular formula is C17H17Cl5N2O3. The van der Waals surface area contributed by atoms with Gasteiger partial charge in [0.1, 0.15) is 6.61 Å². The summed E-state index contributed by atoms with van der Waals surface area (Å²) in [5.41, 5.74) is 1.80. The number of para-hydroxylation sites is 1. The maximum Gasteiger partial charge on any atom is 0.407 e. The monoisotopic (exact) mass is 472 g/mol. The van der Waals surface area contributed by atoms with Crippen LogP contribution in [-0.2, 0) is 9.53 Å². The quantitative estimate of drug-likeness (QED) is 0.482. The fourth-order valence-electron chi connectivity index (χ4n) is 2.94. The molecule has 1 aromatic rings. The fraction of sp³-hybridized carbons (Fsp3) is 0.412. The molecule has 5 nitrogen and oxygen atoms in total. The molecule has 0 aliphatic heterocycles. The van der Waals surface area contributed by atoms with Crippen LogP contribution in [0.15, 0.2) is 41.9 Å². The summed E-state index contributed by atoms with van der Waals surface area (Å²) in [6.45, 7) is -0.401. The summed E-state index contributed by atoms with van der Waals surface area (Å²) in [6, 6.07) is 8.21. The van der Waals surface area contributed by atoms with Crippen LogP contribution < -0.4 is 10.2 Å². The fourth-order valence-corrected chi connectivity index (χ4v) is 3.59. The number of hydrogen-bond acceptors (Lipinski definition) is 3. The second-order valence-electron chi connectivity index (χ2n) is 5.91. The van der Waals surface area contributed by atoms with Crippen LogP contribution in [-0.4, -0.2) is 39.9 Å². The molecule has 0 aromatic heterocycles. The lowest BCUT2D eigenvalue weighted by atomic mass is 10.1. The molecule has 2 amide bonds. The molecular weight excluding hydrogens is 457 g/mol. The van der Waals surface area contributed by atoms with Gasteiger partial charge in [0.25, 0.3) is 5.91 Å². The highest BCUT2D eigenvalue weighted by molar-refractivity contribution is 6.67. The average molecular weight is 475 g/mol. The number of alkyl halides is 4. The molecule has 0 heterocycles. The van der Waals surface area contributed by atoms with Crippen molar-refractivity contribution in [2.24, 2.45) is 0 Å². The predicted molar refractivity (Wildman–Crippen MR) is 110 cm³/mol. The molecule has 1 aliphatic rings. The van der Waals surface area contributed by atoms with E-state index in [-0.39, 0.29) is 11.3 Å². The molecule has 0 saturated heterocycles. The molecule has 1 saturated carbocycles. The minimum Gasteiger partial charge on any atom is -0.445 e. The predicted octanol–water partition coefficient (Wildman–Crippen LogP) is 5.01. The Bertz CT molecular complexity index is 681. The Morgan fingerprint density at radius 3 is 2.48 bits per heavy atom. The lowest BCUT2D eigenvalue weighted by molar-refractivity contribution is -0.114. The molecule has 1 aliphatic carbocycles. The minimum atomic E-state index is -1.71. The number of alkyl carbamates (subject to hydrolysis) is 1. The first-order valence-corrected chi connectivity index (χ1v) is 10.0. The molecule has 0 radical (unpaired) electrons. The summed E-state index contributed by atoms with van der Waals surface area (Å²) in [5, 5.41) is 2.48. The number of benzene rings is 1. The summed E-state index contributed by atoms with van der Waals surface area (Å²) in [6.07, 6.45) is 1.42. The Balaban J connectivity index is 2.19. The van der Waals surface area contributed by atoms with Crippen LogP contribution in [0.4, 0.5) is 10.5 Å². The second kappa shape index (κ2) is 10.1. The number of halogens is 5. The maximum absolute atomic E-state index is 12.6. The van der Waals surface area contributed by atoms with E-state index in [0.29, 0.717) is 18.5 Å². The van der Waals surface area contributed by atoms with Crippen molar-refractivity contribution in [2.45, 2.75) is 34.1 Å². The number of rotatable bonds is 5. The van der Waals surface area contributed by atoms with Crippen LogP contribution >= 0.6 is 58.0 Å². The topological polar surface area (TPSA) is 58.6 Å². The van der Waals surface area contributed by atoms with E-state index in [4.69, 9.17) is 62.7 Å². The minimum absolute atomic E-state index is 0.229. The van der Waals surface area contributed by atoms with Crippen molar-refractivity contribution >= 4 is 75.7 Å². The molecule has 27 heavy (non-hydrogen) atoms. The van der Waals surface area contributed by atoms with E-state index in [1.165, 1.54) is 6.08 Å². The lowest BCUT2D eigenvalue weighted by Gasteiger charge is -2.32. The smallest absolute Gasteiger partial charge is 0.407 e. The van der Waals surface area contributed by atoms with Crippen molar-refractivity contribution in [1.82, 2.24) is 5.32 Å². The number of carbonyl (C=O) groups excluding carboxylic acids is 2. The highest BCUT2D eigenvalue weighted by atomic mass is 35.6. The standard InChI is InChI=1S/C17H17Cl5N2O3/c18-7-6-15(25)24(12-4-2-1-3-5-12)14-9-11(19)8-13(14)23-16(26)27-10-17(20,21)22/h1-7,11,13-14H,8-10H2,(H,23,26)/t11?,13-,14-/m1/s1. The third-order valence-electron chi connectivity index (χ3n) is 3.95. The number of ether oxygens (including phenoxy) is 1. The van der Waals surface area contributed by atoms with Crippen LogP contribution in [0.5, 0.6) is 0 Å². The Kier molecular flexibility index (Phi) is 8.38. The SMILES string of the molecule is O=C(N[C@@H]1CC(Cl)C[C@H]1N(C(=O)C=CCl)c1ccccc1)OCC(Cl)(Cl)Cl. The molecule has 0 bridgehead atoms. The van der Waals surface area contributed by atoms with Gasteiger partial charge in [0.2, 0.25) is 3.79 Å². The Morgan fingerprint density at radius 1 is 1.22 bits per heavy atom. The Labute approximate surface area is 182 Å². The molecule has 2 rings (SSSR count). The Morgan fingerprint density at radius 2 is 1.89 bits per heavy atom. The second-order valence-corrected chi connectivity index (χ2v) is 9.30. The van der Waals surface area contributed by atoms with E-state index in [0.717, 1.165) is 5.54 Å². The molecule has 0 spiro atoms. The molecule has 1 fully saturated rings. The summed E-state index contributed by atoms with van der Waals surface area (Å²) < 4.78 is 3.21. The van der Waals surface area contributed by atoms with Gasteiger partial charge in [-0.2, -0.15) is 0 Å². The number of anilines is 1. The van der Waals surface area contributed by atoms with Gasteiger partial charge in [-0.15, -0.1) is 11.6 Å². The third-order valence-corrected chi connectivity index (χ3v) is 4.76. The highest BCUT2D eigenvalue weighted by Gasteiger charge is 2.40. The van der Waals surface area contributed by atoms with Crippen LogP contribution in [0.2, 0.25) is 0 Å². The van der Waals surface area contributed by atoms with Gasteiger partial charge in [0.15, 0.2) is 0 Å². The van der Waals surface area contributed by atoms with Crippen molar-refractivity contribution in [1.29, 1.82) is 0 Å². The lowest BCUT2D eigenvalue weighted by Crippen LogP contribution is -2.51. The van der Waals surface area contributed by atoms with Crippen molar-refractivity contribution in [2.75, 3.05) is 11.5 Å². The van der Waals surface area contributed by atoms with Crippen LogP contribution in [0.3, 0.4) is 0 Å². The summed E-state index contributed by atoms with van der Waals surface area (Å²) in [5.74, 6) is -0.326. The van der Waals surface area contributed by atoms with E-state index >= 15 is 0 Å². The number of nitrogens with zero attached hydrogens (tertiary/aromatic N) is 1. The summed E-state index contributed by atoms with van der Waals surface area (Å²) in [7, 11) is 0. The van der Waals surface area contributed by atoms with E-state index in [9.17, 15) is 9.59 Å². The number of hydrogen-bond donors (Lipinski definition) is 1. The summed E-state index contributed by atoms with van der Waals surface area (Å²) in [4.78, 5) is 26.3. The largest absolute Gasteiger partial charge is 0.445 e. The zero-order valence-corrected chi connectivity index (χ0v) is 17.7. The summed E-state index contributed by atoms with van der Waals surface area (Å²) >= 11 is 28.7. The van der Waals surface area contributed by atoms with Crippen molar-refractivity contribution in [3.8, 4) is 0 Å². The van der Waals surface area contributed by atoms with Crippen molar-refractivity contribution < 1.29 is 14.3 Å². The van der Waals surface area contributed by atoms with Gasteiger partial charge in [-0.25, -0.2) is 4.79 Å². The molecule has 10 heteroatoms. The molecule has 1 N–H and O–H groups in total. The van der Waals surface area contributed by atoms with Crippen LogP contribution in [0, 0.1) is 0 Å². The van der Waals surface area contributed by atoms with Crippen molar-refractivity contribution in [3.05, 3.63) is 41.9 Å². The van der Waals surface area contributed by atoms with Gasteiger partial charge >= 0.3 is 6.09 Å². The zero-order valence-electron chi connectivity index (χ0n) is 14.0. The van der Waals surface area contributed by atoms with E-state index < -0.39 is 28.6 Å². The van der Waals surface area contributed by atoms with Crippen LogP contribution in [0.25, 0.3) is 0 Å². The first kappa shape index (κ1) is 22.4. The molecule has 1 aromatic carbocycles. The molecule has 3 atom stereocenters.